The molecule has 2 aromatic heterocycles. The first kappa shape index (κ1) is 32.7. The number of hydrogen-bond donors (Lipinski definition) is 2. The molecule has 4 heteroatoms. The van der Waals surface area contributed by atoms with Crippen LogP contribution in [0, 0.1) is 0 Å². The molecule has 272 valence electrons. The first-order valence-electron chi connectivity index (χ1n) is 20.0. The molecule has 1 aliphatic carbocycles. The predicted molar refractivity (Wildman–Crippen MR) is 243 cm³/mol. The average molecular weight is 741 g/mol. The summed E-state index contributed by atoms with van der Waals surface area (Å²) < 4.78 is 0. The standard InChI is InChI=1S/C54H36N4/c1-2-8-44-39(6-1)30-47(46-10-4-3-9-45(44)46)40-17-11-33-22-25-49(57-51(33)31-40)43-18-12-34-21-24-48(56-52(34)32-43)41-19-15-38-29-42(20-16-37(38)28-41)50-26-23-36-14-13-35-7-5-27-55-53(35)54(36)58-50/h1-32,50-51,57-58H. The Hall–Kier alpha value is -7.56. The minimum Gasteiger partial charge on any atom is -0.374 e. The summed E-state index contributed by atoms with van der Waals surface area (Å²) in [5.74, 6) is 0. The molecule has 0 bridgehead atoms. The number of anilines is 1. The van der Waals surface area contributed by atoms with Gasteiger partial charge >= 0.3 is 0 Å². The van der Waals surface area contributed by atoms with Crippen LogP contribution in [-0.2, 0) is 0 Å². The summed E-state index contributed by atoms with van der Waals surface area (Å²) >= 11 is 0. The predicted octanol–water partition coefficient (Wildman–Crippen LogP) is 13.0. The molecule has 2 unspecified atom stereocenters. The van der Waals surface area contributed by atoms with Gasteiger partial charge in [0.15, 0.2) is 0 Å². The Balaban J connectivity index is 0.819. The molecule has 0 amide bonds. The molecule has 0 saturated heterocycles. The van der Waals surface area contributed by atoms with E-state index in [0.29, 0.717) is 0 Å². The van der Waals surface area contributed by atoms with Crippen molar-refractivity contribution in [2.75, 3.05) is 5.32 Å². The minimum atomic E-state index is 0.0639. The van der Waals surface area contributed by atoms with Crippen molar-refractivity contribution in [2.45, 2.75) is 12.1 Å². The SMILES string of the molecule is C1=CC2=CC=C(c3ccc4ccc(-c5ccc6cc(C7C=Cc8ccc9cccnc9c8N7)ccc6c5)nc4c3)NC2C=C1c1cc2ccccc2c2ccccc12. The maximum atomic E-state index is 5.21. The zero-order valence-corrected chi connectivity index (χ0v) is 31.5. The Kier molecular flexibility index (Phi) is 7.32. The molecule has 7 aromatic carbocycles. The van der Waals surface area contributed by atoms with Crippen molar-refractivity contribution in [3.63, 3.8) is 0 Å². The number of hydrogen-bond acceptors (Lipinski definition) is 4. The number of fused-ring (bicyclic) bond motifs is 9. The number of benzene rings is 7. The largest absolute Gasteiger partial charge is 0.374 e. The lowest BCUT2D eigenvalue weighted by molar-refractivity contribution is 0.815. The van der Waals surface area contributed by atoms with Crippen molar-refractivity contribution < 1.29 is 0 Å². The smallest absolute Gasteiger partial charge is 0.0939 e. The summed E-state index contributed by atoms with van der Waals surface area (Å²) in [5, 5.41) is 17.4. The molecule has 0 saturated carbocycles. The molecule has 0 spiro atoms. The minimum absolute atomic E-state index is 0.0639. The van der Waals surface area contributed by atoms with Gasteiger partial charge in [-0.25, -0.2) is 4.98 Å². The van der Waals surface area contributed by atoms with E-state index in [1.807, 2.05) is 12.3 Å². The third-order valence-corrected chi connectivity index (χ3v) is 12.1. The zero-order valence-electron chi connectivity index (χ0n) is 31.5. The van der Waals surface area contributed by atoms with Gasteiger partial charge in [-0.1, -0.05) is 146 Å². The van der Waals surface area contributed by atoms with Crippen LogP contribution in [0.15, 0.2) is 194 Å². The third-order valence-electron chi connectivity index (χ3n) is 12.1. The van der Waals surface area contributed by atoms with Crippen LogP contribution < -0.4 is 10.6 Å². The highest BCUT2D eigenvalue weighted by Crippen LogP contribution is 2.38. The lowest BCUT2D eigenvalue weighted by Crippen LogP contribution is -2.31. The molecule has 0 radical (unpaired) electrons. The van der Waals surface area contributed by atoms with Crippen LogP contribution in [0.2, 0.25) is 0 Å². The van der Waals surface area contributed by atoms with Crippen molar-refractivity contribution in [1.82, 2.24) is 15.3 Å². The Morgan fingerprint density at radius 1 is 0.517 bits per heavy atom. The molecule has 2 atom stereocenters. The fourth-order valence-electron chi connectivity index (χ4n) is 9.06. The van der Waals surface area contributed by atoms with E-state index < -0.39 is 0 Å². The maximum absolute atomic E-state index is 5.21. The molecule has 4 heterocycles. The summed E-state index contributed by atoms with van der Waals surface area (Å²) in [6, 6.07) is 52.6. The molecule has 4 nitrogen and oxygen atoms in total. The summed E-state index contributed by atoms with van der Waals surface area (Å²) in [6.07, 6.45) is 17.6. The second-order valence-corrected chi connectivity index (χ2v) is 15.5. The van der Waals surface area contributed by atoms with E-state index in [1.165, 1.54) is 60.2 Å². The van der Waals surface area contributed by atoms with E-state index >= 15 is 0 Å². The van der Waals surface area contributed by atoms with Gasteiger partial charge in [-0.2, -0.15) is 0 Å². The van der Waals surface area contributed by atoms with Gasteiger partial charge in [0.05, 0.1) is 34.5 Å². The van der Waals surface area contributed by atoms with Gasteiger partial charge < -0.3 is 10.6 Å². The highest BCUT2D eigenvalue weighted by molar-refractivity contribution is 6.12. The van der Waals surface area contributed by atoms with Crippen LogP contribution in [0.5, 0.6) is 0 Å². The molecule has 12 rings (SSSR count). The van der Waals surface area contributed by atoms with Crippen LogP contribution in [0.3, 0.4) is 0 Å². The van der Waals surface area contributed by atoms with E-state index in [1.54, 1.807) is 0 Å². The van der Waals surface area contributed by atoms with Gasteiger partial charge in [0.1, 0.15) is 0 Å². The number of pyridine rings is 2. The van der Waals surface area contributed by atoms with Crippen LogP contribution in [0.25, 0.3) is 82.7 Å². The molecular weight excluding hydrogens is 705 g/mol. The molecule has 0 fully saturated rings. The Labute approximate surface area is 335 Å². The number of aromatic nitrogens is 2. The van der Waals surface area contributed by atoms with Crippen molar-refractivity contribution in [3.05, 3.63) is 216 Å². The number of allylic oxidation sites excluding steroid dienone is 4. The normalized spacial score (nSPS) is 17.1. The fourth-order valence-corrected chi connectivity index (χ4v) is 9.06. The van der Waals surface area contributed by atoms with Crippen molar-refractivity contribution in [1.29, 1.82) is 0 Å². The lowest BCUT2D eigenvalue weighted by Gasteiger charge is -2.27. The Morgan fingerprint density at radius 2 is 1.31 bits per heavy atom. The third kappa shape index (κ3) is 5.45. The van der Waals surface area contributed by atoms with E-state index in [9.17, 15) is 0 Å². The molecule has 3 aliphatic rings. The van der Waals surface area contributed by atoms with E-state index in [4.69, 9.17) is 4.98 Å². The van der Waals surface area contributed by atoms with Gasteiger partial charge in [0.25, 0.3) is 0 Å². The molecule has 9 aromatic rings. The van der Waals surface area contributed by atoms with Gasteiger partial charge in [-0.15, -0.1) is 0 Å². The van der Waals surface area contributed by atoms with Gasteiger partial charge in [0.2, 0.25) is 0 Å². The van der Waals surface area contributed by atoms with E-state index in [0.717, 1.165) is 50.0 Å². The first-order valence-corrected chi connectivity index (χ1v) is 20.0. The first-order chi connectivity index (χ1) is 28.7. The Bertz CT molecular complexity index is 3360. The summed E-state index contributed by atoms with van der Waals surface area (Å²) in [5.41, 5.74) is 13.5. The second-order valence-electron chi connectivity index (χ2n) is 15.5. The molecular formula is C54H36N4. The summed E-state index contributed by atoms with van der Waals surface area (Å²) in [4.78, 5) is 9.90. The van der Waals surface area contributed by atoms with Crippen LogP contribution in [0.4, 0.5) is 5.69 Å². The van der Waals surface area contributed by atoms with Gasteiger partial charge in [0, 0.05) is 28.2 Å². The summed E-state index contributed by atoms with van der Waals surface area (Å²) in [7, 11) is 0. The second kappa shape index (κ2) is 13.0. The van der Waals surface area contributed by atoms with Gasteiger partial charge in [-0.3, -0.25) is 4.98 Å². The zero-order chi connectivity index (χ0) is 38.2. The van der Waals surface area contributed by atoms with Crippen molar-refractivity contribution in [2.24, 2.45) is 0 Å². The highest BCUT2D eigenvalue weighted by Gasteiger charge is 2.22. The quantitative estimate of drug-likeness (QED) is 0.176. The number of nitrogens with zero attached hydrogens (tertiary/aromatic N) is 2. The van der Waals surface area contributed by atoms with E-state index in [-0.39, 0.29) is 12.1 Å². The number of dihydropyridines is 1. The van der Waals surface area contributed by atoms with E-state index in [2.05, 4.69) is 198 Å². The van der Waals surface area contributed by atoms with Crippen molar-refractivity contribution >= 4 is 77.2 Å². The Morgan fingerprint density at radius 3 is 2.28 bits per heavy atom. The monoisotopic (exact) mass is 740 g/mol. The maximum Gasteiger partial charge on any atom is 0.0939 e. The van der Waals surface area contributed by atoms with Crippen LogP contribution in [-0.4, -0.2) is 16.0 Å². The molecule has 2 aliphatic heterocycles. The average Bonchev–Trinajstić information content (AvgIpc) is 3.30. The van der Waals surface area contributed by atoms with Gasteiger partial charge in [-0.05, 0) is 108 Å². The fraction of sp³-hybridized carbons (Fsp3) is 0.0370. The number of rotatable bonds is 4. The topological polar surface area (TPSA) is 49.8 Å². The van der Waals surface area contributed by atoms with Crippen LogP contribution >= 0.6 is 0 Å². The molecule has 58 heavy (non-hydrogen) atoms. The number of nitrogens with one attached hydrogen (secondary N) is 2. The lowest BCUT2D eigenvalue weighted by atomic mass is 9.87. The van der Waals surface area contributed by atoms with Crippen molar-refractivity contribution in [3.8, 4) is 11.3 Å². The van der Waals surface area contributed by atoms with Crippen LogP contribution in [0.1, 0.15) is 28.3 Å². The highest BCUT2D eigenvalue weighted by atomic mass is 14.9. The summed E-state index contributed by atoms with van der Waals surface area (Å²) in [6.45, 7) is 0. The molecule has 2 N–H and O–H groups in total.